The van der Waals surface area contributed by atoms with E-state index >= 15 is 0 Å². The normalized spacial score (nSPS) is 12.0. The third-order valence-corrected chi connectivity index (χ3v) is 5.16. The summed E-state index contributed by atoms with van der Waals surface area (Å²) in [6, 6.07) is 17.8. The lowest BCUT2D eigenvalue weighted by Crippen LogP contribution is -2.18. The van der Waals surface area contributed by atoms with Gasteiger partial charge in [0.15, 0.2) is 10.6 Å². The van der Waals surface area contributed by atoms with Crippen LogP contribution in [0.5, 0.6) is 5.75 Å². The minimum atomic E-state index is 0.586. The fourth-order valence-corrected chi connectivity index (χ4v) is 3.88. The molecule has 0 aliphatic heterocycles. The smallest absolute Gasteiger partial charge is 0.190 e. The molecule has 4 rings (SSSR count). The average molecular weight is 380 g/mol. The second kappa shape index (κ2) is 7.82. The lowest BCUT2D eigenvalue weighted by Gasteiger charge is -2.07. The predicted molar refractivity (Wildman–Crippen MR) is 108 cm³/mol. The van der Waals surface area contributed by atoms with E-state index in [0.717, 1.165) is 38.7 Å². The number of hydrogen-bond acceptors (Lipinski definition) is 5. The maximum Gasteiger partial charge on any atom is 0.190 e. The highest BCUT2D eigenvalue weighted by molar-refractivity contribution is 7.07. The first kappa shape index (κ1) is 17.6. The molecule has 0 atom stereocenters. The number of ether oxygens (including phenoxy) is 2. The molecule has 0 saturated heterocycles. The van der Waals surface area contributed by atoms with Gasteiger partial charge in [-0.2, -0.15) is 0 Å². The molecule has 2 aromatic heterocycles. The molecule has 5 nitrogen and oxygen atoms in total. The van der Waals surface area contributed by atoms with Crippen molar-refractivity contribution in [1.29, 1.82) is 0 Å². The van der Waals surface area contributed by atoms with Crippen molar-refractivity contribution < 1.29 is 13.9 Å². The van der Waals surface area contributed by atoms with Gasteiger partial charge in [0.2, 0.25) is 0 Å². The van der Waals surface area contributed by atoms with Crippen molar-refractivity contribution in [3.63, 3.8) is 0 Å². The van der Waals surface area contributed by atoms with Crippen molar-refractivity contribution in [2.24, 2.45) is 4.99 Å². The van der Waals surface area contributed by atoms with Crippen LogP contribution in [0.4, 0.5) is 5.69 Å². The topological polar surface area (TPSA) is 48.9 Å². The summed E-state index contributed by atoms with van der Waals surface area (Å²) in [5, 5.41) is 3.15. The van der Waals surface area contributed by atoms with E-state index in [1.165, 1.54) is 0 Å². The van der Waals surface area contributed by atoms with Gasteiger partial charge in [0, 0.05) is 24.4 Å². The molecule has 0 aliphatic carbocycles. The molecule has 0 aliphatic rings. The van der Waals surface area contributed by atoms with Gasteiger partial charge >= 0.3 is 0 Å². The Morgan fingerprint density at radius 1 is 1.07 bits per heavy atom. The van der Waals surface area contributed by atoms with Gasteiger partial charge in [0.05, 0.1) is 19.4 Å². The van der Waals surface area contributed by atoms with Crippen LogP contribution in [0.15, 0.2) is 69.4 Å². The van der Waals surface area contributed by atoms with E-state index in [2.05, 4.69) is 16.0 Å². The molecule has 27 heavy (non-hydrogen) atoms. The van der Waals surface area contributed by atoms with E-state index < -0.39 is 0 Å². The summed E-state index contributed by atoms with van der Waals surface area (Å²) < 4.78 is 18.9. The monoisotopic (exact) mass is 380 g/mol. The Morgan fingerprint density at radius 3 is 2.70 bits per heavy atom. The number of benzene rings is 2. The number of thiazole rings is 1. The van der Waals surface area contributed by atoms with Gasteiger partial charge in [-0.15, -0.1) is 11.3 Å². The molecule has 6 heteroatoms. The SMILES string of the molecule is COCCn1c(-c2cc3ccccc3o2)csc1=Nc1ccccc1OC. The molecule has 0 N–H and O–H groups in total. The second-order valence-corrected chi connectivity index (χ2v) is 6.82. The summed E-state index contributed by atoms with van der Waals surface area (Å²) >= 11 is 1.57. The zero-order valence-corrected chi connectivity index (χ0v) is 16.0. The molecule has 0 spiro atoms. The van der Waals surface area contributed by atoms with Crippen LogP contribution in [-0.2, 0) is 11.3 Å². The maximum atomic E-state index is 6.06. The fraction of sp³-hybridized carbons (Fsp3) is 0.190. The first-order valence-corrected chi connectivity index (χ1v) is 9.52. The minimum Gasteiger partial charge on any atom is -0.494 e. The number of fused-ring (bicyclic) bond motifs is 1. The summed E-state index contributed by atoms with van der Waals surface area (Å²) in [6.45, 7) is 1.27. The van der Waals surface area contributed by atoms with Crippen LogP contribution in [0.2, 0.25) is 0 Å². The van der Waals surface area contributed by atoms with Crippen molar-refractivity contribution in [3.8, 4) is 17.2 Å². The number of rotatable bonds is 6. The second-order valence-electron chi connectivity index (χ2n) is 5.98. The Labute approximate surface area is 161 Å². The van der Waals surface area contributed by atoms with Crippen molar-refractivity contribution in [3.05, 3.63) is 64.8 Å². The zero-order valence-electron chi connectivity index (χ0n) is 15.2. The number of furan rings is 1. The Morgan fingerprint density at radius 2 is 1.89 bits per heavy atom. The summed E-state index contributed by atoms with van der Waals surface area (Å²) in [4.78, 5) is 5.69. The van der Waals surface area contributed by atoms with E-state index in [4.69, 9.17) is 18.9 Å². The van der Waals surface area contributed by atoms with E-state index in [1.807, 2.05) is 48.5 Å². The molecule has 4 aromatic rings. The molecule has 0 unspecified atom stereocenters. The van der Waals surface area contributed by atoms with E-state index in [1.54, 1.807) is 25.6 Å². The molecule has 2 aromatic carbocycles. The summed E-state index contributed by atoms with van der Waals surface area (Å²) in [5.74, 6) is 1.57. The Kier molecular flexibility index (Phi) is 5.09. The first-order valence-electron chi connectivity index (χ1n) is 8.64. The highest BCUT2D eigenvalue weighted by Gasteiger charge is 2.13. The lowest BCUT2D eigenvalue weighted by molar-refractivity contribution is 0.187. The van der Waals surface area contributed by atoms with Crippen LogP contribution >= 0.6 is 11.3 Å². The number of methoxy groups -OCH3 is 2. The van der Waals surface area contributed by atoms with Crippen molar-refractivity contribution in [2.75, 3.05) is 20.8 Å². The number of para-hydroxylation sites is 3. The summed E-state index contributed by atoms with van der Waals surface area (Å²) in [7, 11) is 3.35. The third kappa shape index (κ3) is 3.54. The van der Waals surface area contributed by atoms with Crippen molar-refractivity contribution >= 4 is 28.0 Å². The highest BCUT2D eigenvalue weighted by Crippen LogP contribution is 2.29. The van der Waals surface area contributed by atoms with E-state index in [0.29, 0.717) is 13.2 Å². The Balaban J connectivity index is 1.85. The minimum absolute atomic E-state index is 0.586. The van der Waals surface area contributed by atoms with Gasteiger partial charge in [-0.3, -0.25) is 0 Å². The molecule has 2 heterocycles. The van der Waals surface area contributed by atoms with E-state index in [-0.39, 0.29) is 0 Å². The number of hydrogen-bond donors (Lipinski definition) is 0. The zero-order chi connectivity index (χ0) is 18.6. The first-order chi connectivity index (χ1) is 13.3. The summed E-state index contributed by atoms with van der Waals surface area (Å²) in [5.41, 5.74) is 2.66. The lowest BCUT2D eigenvalue weighted by atomic mass is 10.2. The van der Waals surface area contributed by atoms with Crippen LogP contribution < -0.4 is 9.54 Å². The Hall–Kier alpha value is -2.83. The molecule has 0 bridgehead atoms. The quantitative estimate of drug-likeness (QED) is 0.480. The maximum absolute atomic E-state index is 6.06. The molecular weight excluding hydrogens is 360 g/mol. The van der Waals surface area contributed by atoms with Crippen LogP contribution in [0.1, 0.15) is 0 Å². The van der Waals surface area contributed by atoms with Gasteiger partial charge in [-0.1, -0.05) is 30.3 Å². The molecule has 0 radical (unpaired) electrons. The molecule has 0 saturated carbocycles. The fourth-order valence-electron chi connectivity index (χ4n) is 2.95. The number of aromatic nitrogens is 1. The van der Waals surface area contributed by atoms with Gasteiger partial charge in [-0.05, 0) is 24.3 Å². The van der Waals surface area contributed by atoms with Crippen LogP contribution in [0.25, 0.3) is 22.4 Å². The average Bonchev–Trinajstić information content (AvgIpc) is 3.30. The van der Waals surface area contributed by atoms with Gasteiger partial charge in [0.25, 0.3) is 0 Å². The standard InChI is InChI=1S/C21H20N2O3S/c1-24-12-11-23-17(20-13-15-7-3-5-9-18(15)26-20)14-27-21(23)22-16-8-4-6-10-19(16)25-2/h3-10,13-14H,11-12H2,1-2H3. The van der Waals surface area contributed by atoms with Crippen LogP contribution in [-0.4, -0.2) is 25.4 Å². The molecule has 0 amide bonds. The van der Waals surface area contributed by atoms with Gasteiger partial charge in [-0.25, -0.2) is 4.99 Å². The number of nitrogens with zero attached hydrogens (tertiary/aromatic N) is 2. The van der Waals surface area contributed by atoms with Gasteiger partial charge < -0.3 is 18.5 Å². The van der Waals surface area contributed by atoms with Crippen LogP contribution in [0.3, 0.4) is 0 Å². The van der Waals surface area contributed by atoms with Gasteiger partial charge in [0.1, 0.15) is 17.0 Å². The molecule has 138 valence electrons. The third-order valence-electron chi connectivity index (χ3n) is 4.30. The Bertz CT molecular complexity index is 1090. The van der Waals surface area contributed by atoms with E-state index in [9.17, 15) is 0 Å². The van der Waals surface area contributed by atoms with Crippen molar-refractivity contribution in [2.45, 2.75) is 6.54 Å². The molecule has 0 fully saturated rings. The highest BCUT2D eigenvalue weighted by atomic mass is 32.1. The van der Waals surface area contributed by atoms with Crippen LogP contribution in [0, 0.1) is 0 Å². The summed E-state index contributed by atoms with van der Waals surface area (Å²) in [6.07, 6.45) is 0. The molecular formula is C21H20N2O3S. The van der Waals surface area contributed by atoms with Crippen molar-refractivity contribution in [1.82, 2.24) is 4.57 Å². The largest absolute Gasteiger partial charge is 0.494 e. The predicted octanol–water partition coefficient (Wildman–Crippen LogP) is 4.85.